The molecule has 0 spiro atoms. The van der Waals surface area contributed by atoms with Crippen molar-refractivity contribution < 1.29 is 14.7 Å². The Morgan fingerprint density at radius 1 is 1.23 bits per heavy atom. The first kappa shape index (κ1) is 23.9. The highest BCUT2D eigenvalue weighted by Gasteiger charge is 2.45. The fraction of sp³-hybridized carbons (Fsp3) is 0.556. The van der Waals surface area contributed by atoms with E-state index < -0.39 is 6.10 Å². The number of hydrogen-bond donors (Lipinski definition) is 1. The molecule has 1 N–H and O–H groups in total. The minimum atomic E-state index is -0.529. The van der Waals surface area contributed by atoms with Crippen molar-refractivity contribution in [2.24, 2.45) is 17.3 Å². The molecule has 0 amide bonds. The number of aliphatic hydroxyl groups is 1. The number of carbonyl (C=O) groups excluding carboxylic acids is 2. The Kier molecular flexibility index (Phi) is 8.23. The summed E-state index contributed by atoms with van der Waals surface area (Å²) in [6.45, 7) is 5.75. The third-order valence-corrected chi connectivity index (χ3v) is 7.67. The normalized spacial score (nSPS) is 21.9. The van der Waals surface area contributed by atoms with Crippen molar-refractivity contribution in [1.82, 2.24) is 0 Å². The molecule has 31 heavy (non-hydrogen) atoms. The summed E-state index contributed by atoms with van der Waals surface area (Å²) in [4.78, 5) is 25.2. The molecule has 0 radical (unpaired) electrons. The summed E-state index contributed by atoms with van der Waals surface area (Å²) in [7, 11) is 0. The van der Waals surface area contributed by atoms with Crippen molar-refractivity contribution in [3.8, 4) is 0 Å². The summed E-state index contributed by atoms with van der Waals surface area (Å²) in [5, 5.41) is 11.8. The van der Waals surface area contributed by atoms with E-state index in [0.717, 1.165) is 38.5 Å². The molecule has 1 aliphatic carbocycles. The molecule has 0 bridgehead atoms. The summed E-state index contributed by atoms with van der Waals surface area (Å²) in [5.74, 6) is 0.879. The summed E-state index contributed by atoms with van der Waals surface area (Å²) < 4.78 is 1.25. The molecule has 0 aliphatic heterocycles. The zero-order chi connectivity index (χ0) is 22.4. The Morgan fingerprint density at radius 2 is 1.97 bits per heavy atom. The molecule has 1 unspecified atom stereocenters. The molecule has 1 saturated carbocycles. The van der Waals surface area contributed by atoms with Crippen molar-refractivity contribution in [3.63, 3.8) is 0 Å². The van der Waals surface area contributed by atoms with Crippen LogP contribution in [0, 0.1) is 17.3 Å². The lowest BCUT2D eigenvalue weighted by Crippen LogP contribution is -2.22. The second-order valence-corrected chi connectivity index (χ2v) is 11.0. The van der Waals surface area contributed by atoms with Gasteiger partial charge in [-0.2, -0.15) is 0 Å². The van der Waals surface area contributed by atoms with E-state index in [4.69, 9.17) is 0 Å². The predicted molar refractivity (Wildman–Crippen MR) is 129 cm³/mol. The van der Waals surface area contributed by atoms with Crippen LogP contribution >= 0.6 is 11.3 Å². The second-order valence-electron chi connectivity index (χ2n) is 9.78. The third-order valence-electron chi connectivity index (χ3n) is 6.53. The van der Waals surface area contributed by atoms with Gasteiger partial charge in [0.1, 0.15) is 11.6 Å². The van der Waals surface area contributed by atoms with Gasteiger partial charge in [-0.15, -0.1) is 11.3 Å². The molecule has 2 aromatic rings. The van der Waals surface area contributed by atoms with Crippen LogP contribution in [-0.4, -0.2) is 22.8 Å². The van der Waals surface area contributed by atoms with Gasteiger partial charge in [-0.25, -0.2) is 0 Å². The Morgan fingerprint density at radius 3 is 2.71 bits per heavy atom. The van der Waals surface area contributed by atoms with Crippen LogP contribution < -0.4 is 0 Å². The Labute approximate surface area is 190 Å². The van der Waals surface area contributed by atoms with Crippen LogP contribution in [0.2, 0.25) is 0 Å². The van der Waals surface area contributed by atoms with Gasteiger partial charge in [0.05, 0.1) is 6.10 Å². The third kappa shape index (κ3) is 6.60. The Hall–Kier alpha value is -1.78. The number of hydrogen-bond acceptors (Lipinski definition) is 4. The molecule has 3 nitrogen and oxygen atoms in total. The Balaban J connectivity index is 1.54. The highest BCUT2D eigenvalue weighted by molar-refractivity contribution is 7.19. The molecule has 0 saturated heterocycles. The molecular weight excluding hydrogens is 404 g/mol. The van der Waals surface area contributed by atoms with E-state index >= 15 is 0 Å². The van der Waals surface area contributed by atoms with Gasteiger partial charge < -0.3 is 9.90 Å². The average molecular weight is 441 g/mol. The van der Waals surface area contributed by atoms with Gasteiger partial charge in [-0.1, -0.05) is 63.5 Å². The number of thiophene rings is 1. The minimum absolute atomic E-state index is 0.0515. The van der Waals surface area contributed by atoms with E-state index in [2.05, 4.69) is 38.1 Å². The van der Waals surface area contributed by atoms with E-state index in [-0.39, 0.29) is 23.0 Å². The summed E-state index contributed by atoms with van der Waals surface area (Å²) >= 11 is 1.73. The number of Topliss-reactive ketones (excluding diaryl/α,β-unsaturated/α-hetero) is 2. The van der Waals surface area contributed by atoms with Gasteiger partial charge >= 0.3 is 0 Å². The zero-order valence-corrected chi connectivity index (χ0v) is 19.9. The molecule has 1 aromatic carbocycles. The number of carbonyl (C=O) groups is 2. The molecule has 1 aliphatic rings. The van der Waals surface area contributed by atoms with Gasteiger partial charge in [-0.05, 0) is 49.6 Å². The first-order valence-corrected chi connectivity index (χ1v) is 12.5. The van der Waals surface area contributed by atoms with E-state index in [1.165, 1.54) is 15.0 Å². The van der Waals surface area contributed by atoms with Gasteiger partial charge in [0, 0.05) is 33.8 Å². The highest BCUT2D eigenvalue weighted by atomic mass is 32.1. The average Bonchev–Trinajstić information content (AvgIpc) is 3.21. The SMILES string of the molecule is CC(=O)CCCCCC[C@H]1C(=O)C(C)(C)C[C@@H]1/C=C/C(O)Cc1cc2ccccc2s1. The van der Waals surface area contributed by atoms with Gasteiger partial charge in [-0.3, -0.25) is 4.79 Å². The molecule has 168 valence electrons. The molecule has 3 rings (SSSR count). The van der Waals surface area contributed by atoms with Crippen LogP contribution in [0.5, 0.6) is 0 Å². The minimum Gasteiger partial charge on any atom is -0.389 e. The number of aliphatic hydroxyl groups excluding tert-OH is 1. The fourth-order valence-electron chi connectivity index (χ4n) is 4.85. The fourth-order valence-corrected chi connectivity index (χ4v) is 5.96. The quantitative estimate of drug-likeness (QED) is 0.319. The van der Waals surface area contributed by atoms with Gasteiger partial charge in [0.15, 0.2) is 0 Å². The van der Waals surface area contributed by atoms with E-state index in [0.29, 0.717) is 18.6 Å². The number of benzene rings is 1. The highest BCUT2D eigenvalue weighted by Crippen LogP contribution is 2.45. The maximum atomic E-state index is 12.9. The van der Waals surface area contributed by atoms with Crippen molar-refractivity contribution in [2.45, 2.75) is 78.2 Å². The molecule has 1 heterocycles. The van der Waals surface area contributed by atoms with Crippen molar-refractivity contribution in [1.29, 1.82) is 0 Å². The summed E-state index contributed by atoms with van der Waals surface area (Å²) in [6, 6.07) is 10.5. The Bertz CT molecular complexity index is 890. The first-order valence-electron chi connectivity index (χ1n) is 11.6. The van der Waals surface area contributed by atoms with Crippen LogP contribution in [0.15, 0.2) is 42.5 Å². The zero-order valence-electron chi connectivity index (χ0n) is 19.1. The maximum Gasteiger partial charge on any atom is 0.142 e. The predicted octanol–water partition coefficient (Wildman–Crippen LogP) is 6.52. The molecule has 1 fully saturated rings. The van der Waals surface area contributed by atoms with Crippen LogP contribution in [0.1, 0.15) is 70.6 Å². The smallest absolute Gasteiger partial charge is 0.142 e. The van der Waals surface area contributed by atoms with Crippen LogP contribution in [-0.2, 0) is 16.0 Å². The number of ketones is 2. The largest absolute Gasteiger partial charge is 0.389 e. The van der Waals surface area contributed by atoms with Gasteiger partial charge in [0.25, 0.3) is 0 Å². The second kappa shape index (κ2) is 10.7. The van der Waals surface area contributed by atoms with E-state index in [1.807, 2.05) is 18.2 Å². The van der Waals surface area contributed by atoms with Crippen molar-refractivity contribution in [2.75, 3.05) is 0 Å². The van der Waals surface area contributed by atoms with Crippen LogP contribution in [0.4, 0.5) is 0 Å². The topological polar surface area (TPSA) is 54.4 Å². The molecular formula is C27H36O3S. The summed E-state index contributed by atoms with van der Waals surface area (Å²) in [6.07, 6.45) is 10.6. The van der Waals surface area contributed by atoms with E-state index in [9.17, 15) is 14.7 Å². The first-order chi connectivity index (χ1) is 14.8. The molecule has 1 aromatic heterocycles. The lowest BCUT2D eigenvalue weighted by molar-refractivity contribution is -0.127. The van der Waals surface area contributed by atoms with Gasteiger partial charge in [0.2, 0.25) is 0 Å². The number of rotatable bonds is 11. The molecule has 4 heteroatoms. The number of fused-ring (bicyclic) bond motifs is 1. The van der Waals surface area contributed by atoms with Crippen molar-refractivity contribution in [3.05, 3.63) is 47.4 Å². The van der Waals surface area contributed by atoms with Crippen LogP contribution in [0.3, 0.4) is 0 Å². The van der Waals surface area contributed by atoms with Crippen LogP contribution in [0.25, 0.3) is 10.1 Å². The van der Waals surface area contributed by atoms with Crippen molar-refractivity contribution >= 4 is 33.0 Å². The standard InChI is InChI=1S/C27H36O3S/c1-19(28)10-6-4-5-7-12-24-21(18-27(2,3)26(24)30)14-15-22(29)17-23-16-20-11-8-9-13-25(20)31-23/h8-9,11,13-16,21-22,24,29H,4-7,10,12,17-18H2,1-3H3/b15-14+/t21-,22?,24+/m0/s1. The maximum absolute atomic E-state index is 12.9. The molecule has 3 atom stereocenters. The number of allylic oxidation sites excluding steroid dienone is 1. The lowest BCUT2D eigenvalue weighted by Gasteiger charge is -2.16. The lowest BCUT2D eigenvalue weighted by atomic mass is 9.87. The van der Waals surface area contributed by atoms with E-state index in [1.54, 1.807) is 18.3 Å². The number of unbranched alkanes of at least 4 members (excludes halogenated alkanes) is 3. The monoisotopic (exact) mass is 440 g/mol. The summed E-state index contributed by atoms with van der Waals surface area (Å²) in [5.41, 5.74) is -0.287.